The number of nitrogens with zero attached hydrogens (tertiary/aromatic N) is 1. The van der Waals surface area contributed by atoms with Crippen LogP contribution in [-0.4, -0.2) is 12.1 Å². The largest absolute Gasteiger partial charge is 0.366 e. The molecule has 3 heteroatoms. The van der Waals surface area contributed by atoms with E-state index in [1.165, 1.54) is 12.5 Å². The van der Waals surface area contributed by atoms with Gasteiger partial charge in [-0.2, -0.15) is 0 Å². The zero-order chi connectivity index (χ0) is 6.95. The first kappa shape index (κ1) is 8.50. The highest BCUT2D eigenvalue weighted by molar-refractivity contribution is 6.17. The van der Waals surface area contributed by atoms with E-state index in [0.717, 1.165) is 6.42 Å². The Hall–Kier alpha value is -0.500. The maximum atomic E-state index is 5.36. The van der Waals surface area contributed by atoms with E-state index in [0.29, 0.717) is 5.88 Å². The van der Waals surface area contributed by atoms with Crippen molar-refractivity contribution in [2.24, 2.45) is 5.16 Å². The summed E-state index contributed by atoms with van der Waals surface area (Å²) in [5.74, 6) is 0.605. The zero-order valence-electron chi connectivity index (χ0n) is 5.09. The molecule has 0 amide bonds. The number of oxime groups is 1. The highest BCUT2D eigenvalue weighted by Gasteiger charge is 1.72. The SMILES string of the molecule is [CH2]C=NOC=CCCCl. The van der Waals surface area contributed by atoms with Crippen LogP contribution in [0.5, 0.6) is 0 Å². The van der Waals surface area contributed by atoms with Crippen LogP contribution in [0.15, 0.2) is 17.5 Å². The summed E-state index contributed by atoms with van der Waals surface area (Å²) >= 11 is 5.36. The quantitative estimate of drug-likeness (QED) is 0.257. The van der Waals surface area contributed by atoms with Crippen LogP contribution in [0.3, 0.4) is 0 Å². The van der Waals surface area contributed by atoms with Gasteiger partial charge in [0.25, 0.3) is 0 Å². The van der Waals surface area contributed by atoms with Crippen LogP contribution in [0.4, 0.5) is 0 Å². The number of allylic oxidation sites excluding steroid dienone is 1. The average molecular weight is 147 g/mol. The summed E-state index contributed by atoms with van der Waals surface area (Å²) in [5, 5.41) is 3.38. The van der Waals surface area contributed by atoms with E-state index in [2.05, 4.69) is 16.9 Å². The van der Waals surface area contributed by atoms with Gasteiger partial charge in [-0.05, 0) is 19.4 Å². The van der Waals surface area contributed by atoms with Gasteiger partial charge in [-0.15, -0.1) is 11.6 Å². The van der Waals surface area contributed by atoms with Gasteiger partial charge in [-0.3, -0.25) is 0 Å². The molecule has 0 aromatic heterocycles. The van der Waals surface area contributed by atoms with Crippen LogP contribution < -0.4 is 0 Å². The predicted molar refractivity (Wildman–Crippen MR) is 39.4 cm³/mol. The molecule has 0 spiro atoms. The second kappa shape index (κ2) is 7.50. The number of alkyl halides is 1. The van der Waals surface area contributed by atoms with Crippen molar-refractivity contribution in [3.8, 4) is 0 Å². The fourth-order valence-corrected chi connectivity index (χ4v) is 0.378. The van der Waals surface area contributed by atoms with E-state index in [-0.39, 0.29) is 0 Å². The summed E-state index contributed by atoms with van der Waals surface area (Å²) < 4.78 is 0. The van der Waals surface area contributed by atoms with Crippen LogP contribution in [0, 0.1) is 6.92 Å². The Balaban J connectivity index is 3.04. The third-order valence-corrected chi connectivity index (χ3v) is 0.786. The van der Waals surface area contributed by atoms with E-state index in [1.54, 1.807) is 6.08 Å². The fraction of sp³-hybridized carbons (Fsp3) is 0.333. The predicted octanol–water partition coefficient (Wildman–Crippen LogP) is 1.97. The van der Waals surface area contributed by atoms with Crippen molar-refractivity contribution in [3.05, 3.63) is 19.3 Å². The average Bonchev–Trinajstić information content (AvgIpc) is 1.89. The molecule has 0 bridgehead atoms. The van der Waals surface area contributed by atoms with E-state index in [1.807, 2.05) is 0 Å². The maximum absolute atomic E-state index is 5.36. The molecule has 0 heterocycles. The molecule has 0 atom stereocenters. The van der Waals surface area contributed by atoms with Gasteiger partial charge in [0.15, 0.2) is 0 Å². The van der Waals surface area contributed by atoms with Gasteiger partial charge in [0.1, 0.15) is 6.26 Å². The highest BCUT2D eigenvalue weighted by Crippen LogP contribution is 1.86. The molecular weight excluding hydrogens is 138 g/mol. The Morgan fingerprint density at radius 1 is 1.67 bits per heavy atom. The third kappa shape index (κ3) is 7.50. The molecule has 9 heavy (non-hydrogen) atoms. The summed E-state index contributed by atoms with van der Waals surface area (Å²) in [6.45, 7) is 3.33. The molecule has 0 aromatic carbocycles. The van der Waals surface area contributed by atoms with Crippen LogP contribution in [0.1, 0.15) is 6.42 Å². The number of rotatable bonds is 4. The van der Waals surface area contributed by atoms with Gasteiger partial charge in [-0.1, -0.05) is 5.16 Å². The summed E-state index contributed by atoms with van der Waals surface area (Å²) in [6.07, 6.45) is 5.39. The van der Waals surface area contributed by atoms with Crippen molar-refractivity contribution < 1.29 is 4.84 Å². The van der Waals surface area contributed by atoms with Crippen molar-refractivity contribution in [1.82, 2.24) is 0 Å². The minimum absolute atomic E-state index is 0.605. The summed E-state index contributed by atoms with van der Waals surface area (Å²) in [5.41, 5.74) is 0. The summed E-state index contributed by atoms with van der Waals surface area (Å²) in [7, 11) is 0. The van der Waals surface area contributed by atoms with Crippen molar-refractivity contribution in [2.75, 3.05) is 5.88 Å². The molecule has 1 radical (unpaired) electrons. The summed E-state index contributed by atoms with van der Waals surface area (Å²) in [4.78, 5) is 4.55. The van der Waals surface area contributed by atoms with E-state index in [9.17, 15) is 0 Å². The van der Waals surface area contributed by atoms with Gasteiger partial charge in [0.05, 0.1) is 0 Å². The minimum atomic E-state index is 0.605. The Labute approximate surface area is 60.1 Å². The second-order valence-electron chi connectivity index (χ2n) is 1.24. The van der Waals surface area contributed by atoms with Crippen LogP contribution >= 0.6 is 11.6 Å². The molecule has 0 saturated heterocycles. The molecule has 51 valence electrons. The lowest BCUT2D eigenvalue weighted by Crippen LogP contribution is -1.69. The molecule has 0 rings (SSSR count). The van der Waals surface area contributed by atoms with Crippen molar-refractivity contribution in [1.29, 1.82) is 0 Å². The third-order valence-electron chi connectivity index (χ3n) is 0.568. The number of halogens is 1. The Bertz CT molecular complexity index is 101. The minimum Gasteiger partial charge on any atom is -0.366 e. The van der Waals surface area contributed by atoms with Gasteiger partial charge in [0.2, 0.25) is 0 Å². The normalized spacial score (nSPS) is 11.3. The lowest BCUT2D eigenvalue weighted by Gasteiger charge is -1.84. The summed E-state index contributed by atoms with van der Waals surface area (Å²) in [6, 6.07) is 0. The first-order valence-corrected chi connectivity index (χ1v) is 3.13. The van der Waals surface area contributed by atoms with Gasteiger partial charge in [-0.25, -0.2) is 0 Å². The molecule has 0 fully saturated rings. The lowest BCUT2D eigenvalue weighted by molar-refractivity contribution is 0.269. The number of hydrogen-bond acceptors (Lipinski definition) is 2. The van der Waals surface area contributed by atoms with Crippen LogP contribution in [-0.2, 0) is 4.84 Å². The van der Waals surface area contributed by atoms with Crippen LogP contribution in [0.25, 0.3) is 0 Å². The zero-order valence-corrected chi connectivity index (χ0v) is 5.84. The number of hydrogen-bond donors (Lipinski definition) is 0. The van der Waals surface area contributed by atoms with Gasteiger partial charge >= 0.3 is 0 Å². The fourth-order valence-electron chi connectivity index (χ4n) is 0.252. The molecule has 0 N–H and O–H groups in total. The lowest BCUT2D eigenvalue weighted by atomic mass is 10.5. The van der Waals surface area contributed by atoms with E-state index in [4.69, 9.17) is 11.6 Å². The van der Waals surface area contributed by atoms with Crippen molar-refractivity contribution in [3.63, 3.8) is 0 Å². The first-order chi connectivity index (χ1) is 4.41. The molecule has 0 unspecified atom stereocenters. The monoisotopic (exact) mass is 146 g/mol. The molecular formula is C6H9ClNO. The highest BCUT2D eigenvalue weighted by atomic mass is 35.5. The van der Waals surface area contributed by atoms with Crippen molar-refractivity contribution >= 4 is 17.8 Å². The molecule has 2 nitrogen and oxygen atoms in total. The van der Waals surface area contributed by atoms with Gasteiger partial charge in [0, 0.05) is 12.1 Å². The Morgan fingerprint density at radius 2 is 2.44 bits per heavy atom. The topological polar surface area (TPSA) is 21.6 Å². The first-order valence-electron chi connectivity index (χ1n) is 2.59. The van der Waals surface area contributed by atoms with Gasteiger partial charge < -0.3 is 4.84 Å². The molecule has 0 aromatic rings. The second-order valence-corrected chi connectivity index (χ2v) is 1.62. The standard InChI is InChI=1S/C6H9ClNO/c1-2-8-9-6-4-3-5-7/h2,4,6H,1,3,5H2. The van der Waals surface area contributed by atoms with E-state index >= 15 is 0 Å². The maximum Gasteiger partial charge on any atom is 0.118 e. The molecule has 0 aliphatic carbocycles. The Morgan fingerprint density at radius 3 is 3.00 bits per heavy atom. The smallest absolute Gasteiger partial charge is 0.118 e. The van der Waals surface area contributed by atoms with E-state index < -0.39 is 0 Å². The van der Waals surface area contributed by atoms with Crippen LogP contribution in [0.2, 0.25) is 0 Å². The molecule has 0 aliphatic heterocycles. The molecule has 0 saturated carbocycles. The molecule has 0 aliphatic rings. The van der Waals surface area contributed by atoms with Crippen molar-refractivity contribution in [2.45, 2.75) is 6.42 Å². The Kier molecular flexibility index (Phi) is 7.08.